The third-order valence-electron chi connectivity index (χ3n) is 5.41. The minimum Gasteiger partial charge on any atom is -0.449 e. The fourth-order valence-electron chi connectivity index (χ4n) is 3.45. The van der Waals surface area contributed by atoms with Gasteiger partial charge in [0.15, 0.2) is 6.10 Å². The van der Waals surface area contributed by atoms with Crippen LogP contribution in [-0.4, -0.2) is 43.8 Å². The van der Waals surface area contributed by atoms with E-state index in [1.54, 1.807) is 25.1 Å². The third-order valence-corrected chi connectivity index (χ3v) is 7.31. The minimum atomic E-state index is -3.70. The van der Waals surface area contributed by atoms with Crippen molar-refractivity contribution in [2.75, 3.05) is 13.1 Å². The number of carbonyl (C=O) groups excluding carboxylic acids is 2. The van der Waals surface area contributed by atoms with Crippen molar-refractivity contribution < 1.29 is 27.1 Å². The zero-order chi connectivity index (χ0) is 23.3. The average molecular weight is 463 g/mol. The molecule has 1 aliphatic rings. The molecular weight excluding hydrogens is 435 g/mol. The van der Waals surface area contributed by atoms with Crippen LogP contribution >= 0.6 is 0 Å². The highest BCUT2D eigenvalue weighted by molar-refractivity contribution is 7.89. The summed E-state index contributed by atoms with van der Waals surface area (Å²) in [6.45, 7) is 4.18. The number of amides is 1. The molecule has 3 rings (SSSR count). The summed E-state index contributed by atoms with van der Waals surface area (Å²) in [6.07, 6.45) is 1.53. The Kier molecular flexibility index (Phi) is 7.63. The number of hydrogen-bond acceptors (Lipinski definition) is 5. The first-order chi connectivity index (χ1) is 15.2. The molecule has 1 unspecified atom stereocenters. The first kappa shape index (κ1) is 23.9. The Labute approximate surface area is 187 Å². The number of sulfonamides is 1. The molecule has 0 aromatic heterocycles. The molecule has 1 atom stereocenters. The molecule has 0 aliphatic carbocycles. The molecule has 1 fully saturated rings. The normalized spacial score (nSPS) is 15.7. The lowest BCUT2D eigenvalue weighted by Gasteiger charge is -2.26. The van der Waals surface area contributed by atoms with Gasteiger partial charge in [0.05, 0.1) is 10.5 Å². The van der Waals surface area contributed by atoms with Crippen LogP contribution in [0.25, 0.3) is 0 Å². The number of carbonyl (C=O) groups is 2. The second-order valence-electron chi connectivity index (χ2n) is 7.83. The van der Waals surface area contributed by atoms with E-state index in [1.807, 2.05) is 0 Å². The molecule has 0 spiro atoms. The molecule has 1 heterocycles. The van der Waals surface area contributed by atoms with Crippen LogP contribution in [0.1, 0.15) is 47.7 Å². The molecule has 1 aliphatic heterocycles. The van der Waals surface area contributed by atoms with E-state index in [9.17, 15) is 22.4 Å². The van der Waals surface area contributed by atoms with E-state index in [0.29, 0.717) is 24.2 Å². The van der Waals surface area contributed by atoms with Crippen LogP contribution in [0.3, 0.4) is 0 Å². The van der Waals surface area contributed by atoms with E-state index >= 15 is 0 Å². The van der Waals surface area contributed by atoms with Gasteiger partial charge in [-0.15, -0.1) is 0 Å². The molecule has 0 saturated carbocycles. The van der Waals surface area contributed by atoms with Crippen molar-refractivity contribution in [2.45, 2.75) is 50.7 Å². The van der Waals surface area contributed by atoms with Crippen molar-refractivity contribution in [3.05, 3.63) is 65.0 Å². The van der Waals surface area contributed by atoms with Crippen LogP contribution in [0.15, 0.2) is 47.4 Å². The Hall–Kier alpha value is -2.78. The van der Waals surface area contributed by atoms with E-state index in [-0.39, 0.29) is 22.8 Å². The molecule has 1 N–H and O–H groups in total. The van der Waals surface area contributed by atoms with Gasteiger partial charge in [-0.25, -0.2) is 17.6 Å². The van der Waals surface area contributed by atoms with E-state index < -0.39 is 28.0 Å². The van der Waals surface area contributed by atoms with Gasteiger partial charge in [-0.05, 0) is 62.1 Å². The minimum absolute atomic E-state index is 0.0327. The number of nitrogens with one attached hydrogen (secondary N) is 1. The Morgan fingerprint density at radius 1 is 1.09 bits per heavy atom. The smallest absolute Gasteiger partial charge is 0.339 e. The Balaban J connectivity index is 1.66. The molecule has 0 radical (unpaired) electrons. The van der Waals surface area contributed by atoms with Crippen LogP contribution < -0.4 is 5.32 Å². The number of hydrogen-bond donors (Lipinski definition) is 1. The quantitative estimate of drug-likeness (QED) is 0.638. The zero-order valence-electron chi connectivity index (χ0n) is 18.1. The summed E-state index contributed by atoms with van der Waals surface area (Å²) >= 11 is 0. The number of nitrogens with zero attached hydrogens (tertiary/aromatic N) is 1. The van der Waals surface area contributed by atoms with Gasteiger partial charge in [0.1, 0.15) is 5.82 Å². The van der Waals surface area contributed by atoms with Gasteiger partial charge in [0.25, 0.3) is 5.91 Å². The van der Waals surface area contributed by atoms with Gasteiger partial charge in [-0.3, -0.25) is 4.79 Å². The fourth-order valence-corrected chi connectivity index (χ4v) is 4.99. The lowest BCUT2D eigenvalue weighted by Crippen LogP contribution is -2.36. The Morgan fingerprint density at radius 2 is 1.75 bits per heavy atom. The molecule has 2 aromatic carbocycles. The van der Waals surface area contributed by atoms with Crippen molar-refractivity contribution in [1.82, 2.24) is 9.62 Å². The van der Waals surface area contributed by atoms with E-state index in [0.717, 1.165) is 19.3 Å². The molecule has 32 heavy (non-hydrogen) atoms. The molecule has 1 amide bonds. The van der Waals surface area contributed by atoms with Gasteiger partial charge in [0, 0.05) is 19.6 Å². The van der Waals surface area contributed by atoms with E-state index in [4.69, 9.17) is 4.74 Å². The number of piperidine rings is 1. The van der Waals surface area contributed by atoms with E-state index in [2.05, 4.69) is 5.32 Å². The van der Waals surface area contributed by atoms with Crippen LogP contribution in [0.4, 0.5) is 4.39 Å². The fraction of sp³-hybridized carbons (Fsp3) is 0.391. The topological polar surface area (TPSA) is 92.8 Å². The number of ether oxygens (including phenoxy) is 1. The second-order valence-corrected chi connectivity index (χ2v) is 9.77. The van der Waals surface area contributed by atoms with Gasteiger partial charge >= 0.3 is 5.97 Å². The number of aryl methyl sites for hydroxylation is 1. The zero-order valence-corrected chi connectivity index (χ0v) is 19.0. The largest absolute Gasteiger partial charge is 0.449 e. The van der Waals surface area contributed by atoms with E-state index in [1.165, 1.54) is 35.5 Å². The standard InChI is InChI=1S/C23H27FN2O5S/c1-16-6-11-20(32(29,30)26-12-4-3-5-13-26)14-21(16)23(28)31-17(2)22(27)25-15-18-7-9-19(24)10-8-18/h6-11,14,17H,3-5,12-13,15H2,1-2H3,(H,25,27). The summed E-state index contributed by atoms with van der Waals surface area (Å²) in [5.74, 6) is -1.66. The highest BCUT2D eigenvalue weighted by Crippen LogP contribution is 2.23. The summed E-state index contributed by atoms with van der Waals surface area (Å²) in [6, 6.07) is 10.0. The molecule has 9 heteroatoms. The Bertz CT molecular complexity index is 1080. The average Bonchev–Trinajstić information content (AvgIpc) is 2.79. The SMILES string of the molecule is Cc1ccc(S(=O)(=O)N2CCCCC2)cc1C(=O)OC(C)C(=O)NCc1ccc(F)cc1. The van der Waals surface area contributed by atoms with Crippen molar-refractivity contribution >= 4 is 21.9 Å². The maximum atomic E-state index is 13.0. The monoisotopic (exact) mass is 462 g/mol. The molecular formula is C23H27FN2O5S. The molecule has 172 valence electrons. The van der Waals surface area contributed by atoms with Crippen LogP contribution in [0, 0.1) is 12.7 Å². The summed E-state index contributed by atoms with van der Waals surface area (Å²) < 4.78 is 45.5. The maximum absolute atomic E-state index is 13.0. The number of benzene rings is 2. The van der Waals surface area contributed by atoms with Crippen LogP contribution in [0.2, 0.25) is 0 Å². The van der Waals surface area contributed by atoms with Crippen LogP contribution in [-0.2, 0) is 26.1 Å². The van der Waals surface area contributed by atoms with Gasteiger partial charge in [0.2, 0.25) is 10.0 Å². The first-order valence-electron chi connectivity index (χ1n) is 10.5. The predicted molar refractivity (Wildman–Crippen MR) is 117 cm³/mol. The highest BCUT2D eigenvalue weighted by atomic mass is 32.2. The van der Waals surface area contributed by atoms with Gasteiger partial charge < -0.3 is 10.1 Å². The molecule has 2 aromatic rings. The highest BCUT2D eigenvalue weighted by Gasteiger charge is 2.28. The first-order valence-corrected chi connectivity index (χ1v) is 12.0. The van der Waals surface area contributed by atoms with Crippen molar-refractivity contribution in [1.29, 1.82) is 0 Å². The number of rotatable bonds is 7. The molecule has 7 nitrogen and oxygen atoms in total. The number of halogens is 1. The summed E-state index contributed by atoms with van der Waals surface area (Å²) in [5.41, 5.74) is 1.34. The summed E-state index contributed by atoms with van der Waals surface area (Å²) in [7, 11) is -3.70. The third kappa shape index (κ3) is 5.72. The predicted octanol–water partition coefficient (Wildman–Crippen LogP) is 3.17. The van der Waals surface area contributed by atoms with Crippen molar-refractivity contribution in [2.24, 2.45) is 0 Å². The second kappa shape index (κ2) is 10.2. The van der Waals surface area contributed by atoms with Crippen molar-refractivity contribution in [3.63, 3.8) is 0 Å². The molecule has 0 bridgehead atoms. The summed E-state index contributed by atoms with van der Waals surface area (Å²) in [5, 5.41) is 2.63. The molecule has 1 saturated heterocycles. The Morgan fingerprint density at radius 3 is 2.41 bits per heavy atom. The maximum Gasteiger partial charge on any atom is 0.339 e. The lowest BCUT2D eigenvalue weighted by molar-refractivity contribution is -0.129. The van der Waals surface area contributed by atoms with Crippen molar-refractivity contribution in [3.8, 4) is 0 Å². The number of esters is 1. The van der Waals surface area contributed by atoms with Gasteiger partial charge in [-0.2, -0.15) is 4.31 Å². The van der Waals surface area contributed by atoms with Crippen LogP contribution in [0.5, 0.6) is 0 Å². The van der Waals surface area contributed by atoms with Gasteiger partial charge in [-0.1, -0.05) is 24.6 Å². The summed E-state index contributed by atoms with van der Waals surface area (Å²) in [4.78, 5) is 25.0. The lowest BCUT2D eigenvalue weighted by atomic mass is 10.1.